The number of ketones is 1. The minimum absolute atomic E-state index is 0.285. The Balaban J connectivity index is 2.42. The second-order valence-corrected chi connectivity index (χ2v) is 4.57. The molecule has 1 atom stereocenters. The van der Waals surface area contributed by atoms with E-state index in [9.17, 15) is 29.8 Å². The monoisotopic (exact) mass is 293 g/mol. The number of nitrogens with one attached hydrogen (secondary N) is 1. The zero-order valence-electron chi connectivity index (χ0n) is 10.8. The van der Waals surface area contributed by atoms with Gasteiger partial charge in [0.1, 0.15) is 5.92 Å². The summed E-state index contributed by atoms with van der Waals surface area (Å²) in [4.78, 5) is 43.9. The van der Waals surface area contributed by atoms with Gasteiger partial charge in [-0.05, 0) is 18.9 Å². The molecular formula is C12H11N3O6. The molecule has 1 unspecified atom stereocenters. The number of carbonyl (C=O) groups is 2. The van der Waals surface area contributed by atoms with Crippen LogP contribution in [-0.2, 0) is 4.79 Å². The Bertz CT molecular complexity index is 642. The van der Waals surface area contributed by atoms with E-state index < -0.39 is 38.8 Å². The summed E-state index contributed by atoms with van der Waals surface area (Å²) < 4.78 is 0. The zero-order valence-corrected chi connectivity index (χ0v) is 10.8. The number of carbonyl (C=O) groups excluding carboxylic acids is 2. The Morgan fingerprint density at radius 1 is 1.24 bits per heavy atom. The number of hydrogen-bond acceptors (Lipinski definition) is 6. The molecule has 0 aromatic heterocycles. The molecule has 1 aromatic carbocycles. The molecule has 0 radical (unpaired) electrons. The standard InChI is InChI=1S/C12H11N3O6/c16-11(9-2-1-5-13-12(9)17)8-4-3-7(14(18)19)6-10(8)15(20)21/h3-4,6,9H,1-2,5H2,(H,13,17). The van der Waals surface area contributed by atoms with E-state index in [1.165, 1.54) is 0 Å². The maximum absolute atomic E-state index is 12.3. The molecule has 1 aromatic rings. The van der Waals surface area contributed by atoms with E-state index in [2.05, 4.69) is 5.32 Å². The van der Waals surface area contributed by atoms with Gasteiger partial charge < -0.3 is 5.32 Å². The van der Waals surface area contributed by atoms with E-state index in [0.717, 1.165) is 18.2 Å². The Kier molecular flexibility index (Phi) is 3.92. The summed E-state index contributed by atoms with van der Waals surface area (Å²) in [5.41, 5.74) is -1.42. The molecule has 0 spiro atoms. The van der Waals surface area contributed by atoms with Crippen LogP contribution in [0.1, 0.15) is 23.2 Å². The number of Topliss-reactive ketones (excluding diaryl/α,β-unsaturated/α-hetero) is 1. The molecule has 9 heteroatoms. The Morgan fingerprint density at radius 3 is 2.52 bits per heavy atom. The van der Waals surface area contributed by atoms with Crippen molar-refractivity contribution in [1.82, 2.24) is 5.32 Å². The molecule has 0 bridgehead atoms. The van der Waals surface area contributed by atoms with Crippen LogP contribution in [0.2, 0.25) is 0 Å². The van der Waals surface area contributed by atoms with Crippen LogP contribution >= 0.6 is 0 Å². The third-order valence-electron chi connectivity index (χ3n) is 3.26. The topological polar surface area (TPSA) is 132 Å². The highest BCUT2D eigenvalue weighted by Crippen LogP contribution is 2.28. The van der Waals surface area contributed by atoms with Crippen molar-refractivity contribution in [1.29, 1.82) is 0 Å². The number of nitro benzene ring substituents is 2. The highest BCUT2D eigenvalue weighted by Gasteiger charge is 2.34. The van der Waals surface area contributed by atoms with Crippen molar-refractivity contribution in [2.45, 2.75) is 12.8 Å². The molecule has 1 fully saturated rings. The van der Waals surface area contributed by atoms with Gasteiger partial charge in [-0.15, -0.1) is 0 Å². The van der Waals surface area contributed by atoms with Gasteiger partial charge in [-0.2, -0.15) is 0 Å². The fourth-order valence-electron chi connectivity index (χ4n) is 2.20. The second-order valence-electron chi connectivity index (χ2n) is 4.57. The van der Waals surface area contributed by atoms with Crippen LogP contribution in [0.3, 0.4) is 0 Å². The fraction of sp³-hybridized carbons (Fsp3) is 0.333. The molecule has 1 N–H and O–H groups in total. The van der Waals surface area contributed by atoms with Gasteiger partial charge in [-0.25, -0.2) is 0 Å². The van der Waals surface area contributed by atoms with Gasteiger partial charge in [0.05, 0.1) is 21.5 Å². The van der Waals surface area contributed by atoms with Crippen LogP contribution < -0.4 is 5.32 Å². The predicted molar refractivity (Wildman–Crippen MR) is 69.8 cm³/mol. The summed E-state index contributed by atoms with van der Waals surface area (Å²) >= 11 is 0. The molecule has 110 valence electrons. The number of piperidine rings is 1. The lowest BCUT2D eigenvalue weighted by Crippen LogP contribution is -2.40. The van der Waals surface area contributed by atoms with E-state index in [0.29, 0.717) is 19.4 Å². The first kappa shape index (κ1) is 14.6. The van der Waals surface area contributed by atoms with Crippen molar-refractivity contribution in [3.05, 3.63) is 44.0 Å². The molecule has 2 rings (SSSR count). The minimum atomic E-state index is -0.987. The molecule has 1 saturated heterocycles. The van der Waals surface area contributed by atoms with Gasteiger partial charge >= 0.3 is 0 Å². The zero-order chi connectivity index (χ0) is 15.6. The normalized spacial score (nSPS) is 17.9. The first-order chi connectivity index (χ1) is 9.91. The Hall–Kier alpha value is -2.84. The summed E-state index contributed by atoms with van der Waals surface area (Å²) in [5, 5.41) is 24.2. The van der Waals surface area contributed by atoms with Gasteiger partial charge in [0.15, 0.2) is 5.78 Å². The van der Waals surface area contributed by atoms with Crippen molar-refractivity contribution in [3.8, 4) is 0 Å². The molecule has 9 nitrogen and oxygen atoms in total. The number of benzene rings is 1. The Morgan fingerprint density at radius 2 is 1.95 bits per heavy atom. The third kappa shape index (κ3) is 2.86. The number of hydrogen-bond donors (Lipinski definition) is 1. The number of non-ortho nitro benzene ring substituents is 1. The number of nitrogens with zero attached hydrogens (tertiary/aromatic N) is 2. The first-order valence-corrected chi connectivity index (χ1v) is 6.16. The molecule has 1 aliphatic heterocycles. The van der Waals surface area contributed by atoms with Crippen LogP contribution in [0.15, 0.2) is 18.2 Å². The van der Waals surface area contributed by atoms with Gasteiger partial charge in [-0.3, -0.25) is 29.8 Å². The summed E-state index contributed by atoms with van der Waals surface area (Å²) in [7, 11) is 0. The SMILES string of the molecule is O=C1NCCCC1C(=O)c1ccc([N+](=O)[O-])cc1[N+](=O)[O-]. The predicted octanol–water partition coefficient (Wildman–Crippen LogP) is 1.21. The fourth-order valence-corrected chi connectivity index (χ4v) is 2.20. The number of nitro groups is 2. The second kappa shape index (κ2) is 5.65. The third-order valence-corrected chi connectivity index (χ3v) is 3.26. The highest BCUT2D eigenvalue weighted by atomic mass is 16.6. The van der Waals surface area contributed by atoms with Gasteiger partial charge in [0, 0.05) is 12.6 Å². The summed E-state index contributed by atoms with van der Waals surface area (Å²) in [5.74, 6) is -2.15. The highest BCUT2D eigenvalue weighted by molar-refractivity contribution is 6.12. The molecule has 1 heterocycles. The maximum atomic E-state index is 12.3. The number of rotatable bonds is 4. The molecule has 1 aliphatic rings. The molecule has 21 heavy (non-hydrogen) atoms. The lowest BCUT2D eigenvalue weighted by molar-refractivity contribution is -0.394. The van der Waals surface area contributed by atoms with Crippen LogP contribution in [0, 0.1) is 26.1 Å². The van der Waals surface area contributed by atoms with Crippen molar-refractivity contribution >= 4 is 23.1 Å². The summed E-state index contributed by atoms with van der Waals surface area (Å²) in [6.07, 6.45) is 0.904. The molecule has 1 amide bonds. The van der Waals surface area contributed by atoms with E-state index in [1.807, 2.05) is 0 Å². The first-order valence-electron chi connectivity index (χ1n) is 6.16. The maximum Gasteiger partial charge on any atom is 0.287 e. The van der Waals surface area contributed by atoms with E-state index in [-0.39, 0.29) is 5.56 Å². The van der Waals surface area contributed by atoms with Gasteiger partial charge in [-0.1, -0.05) is 0 Å². The van der Waals surface area contributed by atoms with Crippen LogP contribution in [0.4, 0.5) is 11.4 Å². The Labute approximate surface area is 118 Å². The van der Waals surface area contributed by atoms with E-state index >= 15 is 0 Å². The molecule has 0 saturated carbocycles. The summed E-state index contributed by atoms with van der Waals surface area (Å²) in [6.45, 7) is 0.463. The number of amides is 1. The lowest BCUT2D eigenvalue weighted by Gasteiger charge is -2.20. The molecule has 0 aliphatic carbocycles. The molecular weight excluding hydrogens is 282 g/mol. The van der Waals surface area contributed by atoms with Crippen molar-refractivity contribution in [3.63, 3.8) is 0 Å². The van der Waals surface area contributed by atoms with Crippen molar-refractivity contribution < 1.29 is 19.4 Å². The van der Waals surface area contributed by atoms with Crippen LogP contribution in [0.25, 0.3) is 0 Å². The van der Waals surface area contributed by atoms with Gasteiger partial charge in [0.25, 0.3) is 11.4 Å². The van der Waals surface area contributed by atoms with Crippen molar-refractivity contribution in [2.75, 3.05) is 6.54 Å². The van der Waals surface area contributed by atoms with Crippen LogP contribution in [-0.4, -0.2) is 28.1 Å². The lowest BCUT2D eigenvalue weighted by atomic mass is 9.89. The van der Waals surface area contributed by atoms with Gasteiger partial charge in [0.2, 0.25) is 5.91 Å². The average molecular weight is 293 g/mol. The van der Waals surface area contributed by atoms with E-state index in [4.69, 9.17) is 0 Å². The quantitative estimate of drug-likeness (QED) is 0.384. The summed E-state index contributed by atoms with van der Waals surface area (Å²) in [6, 6.07) is 2.77. The smallest absolute Gasteiger partial charge is 0.287 e. The minimum Gasteiger partial charge on any atom is -0.355 e. The van der Waals surface area contributed by atoms with Crippen LogP contribution in [0.5, 0.6) is 0 Å². The van der Waals surface area contributed by atoms with Crippen molar-refractivity contribution in [2.24, 2.45) is 5.92 Å². The average Bonchev–Trinajstić information content (AvgIpc) is 2.46. The largest absolute Gasteiger partial charge is 0.355 e. The van der Waals surface area contributed by atoms with E-state index in [1.54, 1.807) is 0 Å².